The van der Waals surface area contributed by atoms with Crippen molar-refractivity contribution in [2.45, 2.75) is 17.6 Å². The van der Waals surface area contributed by atoms with Crippen molar-refractivity contribution in [3.63, 3.8) is 0 Å². The van der Waals surface area contributed by atoms with E-state index in [-0.39, 0.29) is 0 Å². The lowest BCUT2D eigenvalue weighted by Gasteiger charge is -2.35. The zero-order valence-electron chi connectivity index (χ0n) is 13.5. The number of hydrogen-bond acceptors (Lipinski definition) is 5. The molecule has 1 aromatic heterocycles. The van der Waals surface area contributed by atoms with Crippen LogP contribution in [-0.4, -0.2) is 38.9 Å². The van der Waals surface area contributed by atoms with Crippen molar-refractivity contribution in [1.82, 2.24) is 4.31 Å². The molecule has 0 amide bonds. The number of piperazine rings is 1. The van der Waals surface area contributed by atoms with E-state index in [9.17, 15) is 8.42 Å². The Morgan fingerprint density at radius 2 is 1.92 bits per heavy atom. The van der Waals surface area contributed by atoms with E-state index in [1.54, 1.807) is 16.4 Å². The lowest BCUT2D eigenvalue weighted by molar-refractivity contribution is 0.386. The number of rotatable bonds is 4. The van der Waals surface area contributed by atoms with Gasteiger partial charge in [-0.1, -0.05) is 13.0 Å². The third-order valence-corrected chi connectivity index (χ3v) is 7.75. The fourth-order valence-corrected chi connectivity index (χ4v) is 5.64. The zero-order chi connectivity index (χ0) is 17.2. The summed E-state index contributed by atoms with van der Waals surface area (Å²) in [6.45, 7) is 4.19. The summed E-state index contributed by atoms with van der Waals surface area (Å²) in [5.41, 5.74) is 1.59. The van der Waals surface area contributed by atoms with Crippen molar-refractivity contribution < 1.29 is 8.42 Å². The van der Waals surface area contributed by atoms with E-state index < -0.39 is 10.0 Å². The van der Waals surface area contributed by atoms with Crippen LogP contribution >= 0.6 is 11.3 Å². The van der Waals surface area contributed by atoms with E-state index in [2.05, 4.69) is 11.0 Å². The normalized spacial score (nSPS) is 16.1. The van der Waals surface area contributed by atoms with Crippen LogP contribution in [-0.2, 0) is 16.4 Å². The Balaban J connectivity index is 1.71. The minimum atomic E-state index is -3.40. The van der Waals surface area contributed by atoms with E-state index in [0.717, 1.165) is 17.0 Å². The molecule has 1 aliphatic rings. The van der Waals surface area contributed by atoms with Gasteiger partial charge in [0.2, 0.25) is 0 Å². The molecule has 1 saturated heterocycles. The van der Waals surface area contributed by atoms with Gasteiger partial charge in [0, 0.05) is 36.7 Å². The van der Waals surface area contributed by atoms with E-state index in [4.69, 9.17) is 5.26 Å². The van der Waals surface area contributed by atoms with Crippen LogP contribution < -0.4 is 4.90 Å². The van der Waals surface area contributed by atoms with Gasteiger partial charge in [0.25, 0.3) is 10.0 Å². The molecule has 0 aliphatic carbocycles. The molecule has 126 valence electrons. The molecule has 3 rings (SSSR count). The molecule has 5 nitrogen and oxygen atoms in total. The van der Waals surface area contributed by atoms with Crippen molar-refractivity contribution in [3.8, 4) is 6.07 Å². The molecular formula is C17H19N3O2S2. The maximum absolute atomic E-state index is 12.7. The maximum Gasteiger partial charge on any atom is 0.252 e. The summed E-state index contributed by atoms with van der Waals surface area (Å²) in [6.07, 6.45) is 0.850. The first kappa shape index (κ1) is 17.0. The highest BCUT2D eigenvalue weighted by Crippen LogP contribution is 2.27. The van der Waals surface area contributed by atoms with Gasteiger partial charge in [-0.3, -0.25) is 0 Å². The van der Waals surface area contributed by atoms with E-state index in [1.807, 2.05) is 31.2 Å². The van der Waals surface area contributed by atoms with Crippen molar-refractivity contribution in [3.05, 3.63) is 46.8 Å². The maximum atomic E-state index is 12.7. The van der Waals surface area contributed by atoms with Gasteiger partial charge in [-0.15, -0.1) is 11.3 Å². The average molecular weight is 361 g/mol. The second-order valence-electron chi connectivity index (χ2n) is 5.63. The summed E-state index contributed by atoms with van der Waals surface area (Å²) in [6, 6.07) is 13.2. The Hall–Kier alpha value is -1.88. The molecule has 0 N–H and O–H groups in total. The Bertz CT molecular complexity index is 860. The standard InChI is InChI=1S/C17H19N3O2S2/c1-2-16-6-7-17(23-16)24(21,22)20-10-8-19(9-11-20)15-5-3-4-14(12-15)13-18/h3-7,12H,2,8-11H2,1H3. The highest BCUT2D eigenvalue weighted by atomic mass is 32.2. The van der Waals surface area contributed by atoms with Crippen LogP contribution in [0.3, 0.4) is 0 Å². The molecule has 0 radical (unpaired) electrons. The Morgan fingerprint density at radius 3 is 2.54 bits per heavy atom. The van der Waals surface area contributed by atoms with Crippen LogP contribution in [0.5, 0.6) is 0 Å². The monoisotopic (exact) mass is 361 g/mol. The van der Waals surface area contributed by atoms with Crippen molar-refractivity contribution in [2.24, 2.45) is 0 Å². The first-order valence-electron chi connectivity index (χ1n) is 7.88. The summed E-state index contributed by atoms with van der Waals surface area (Å²) in [5.74, 6) is 0. The van der Waals surface area contributed by atoms with Crippen LogP contribution in [0, 0.1) is 11.3 Å². The van der Waals surface area contributed by atoms with Crippen molar-refractivity contribution >= 4 is 27.0 Å². The van der Waals surface area contributed by atoms with Gasteiger partial charge < -0.3 is 4.90 Å². The summed E-state index contributed by atoms with van der Waals surface area (Å²) < 4.78 is 27.5. The van der Waals surface area contributed by atoms with Gasteiger partial charge in [0.05, 0.1) is 11.6 Å². The summed E-state index contributed by atoms with van der Waals surface area (Å²) >= 11 is 1.36. The molecule has 0 atom stereocenters. The summed E-state index contributed by atoms with van der Waals surface area (Å²) in [5, 5.41) is 9.00. The van der Waals surface area contributed by atoms with Gasteiger partial charge in [0.1, 0.15) is 4.21 Å². The third kappa shape index (κ3) is 3.31. The number of anilines is 1. The number of hydrogen-bond donors (Lipinski definition) is 0. The number of nitrogens with zero attached hydrogens (tertiary/aromatic N) is 3. The molecule has 0 saturated carbocycles. The molecule has 24 heavy (non-hydrogen) atoms. The largest absolute Gasteiger partial charge is 0.369 e. The van der Waals surface area contributed by atoms with Gasteiger partial charge >= 0.3 is 0 Å². The van der Waals surface area contributed by atoms with E-state index in [0.29, 0.717) is 36.0 Å². The first-order chi connectivity index (χ1) is 11.5. The van der Waals surface area contributed by atoms with Crippen molar-refractivity contribution in [1.29, 1.82) is 5.26 Å². The lowest BCUT2D eigenvalue weighted by atomic mass is 10.2. The fourth-order valence-electron chi connectivity index (χ4n) is 2.77. The minimum absolute atomic E-state index is 0.430. The second-order valence-corrected chi connectivity index (χ2v) is 8.96. The summed E-state index contributed by atoms with van der Waals surface area (Å²) in [7, 11) is -3.40. The van der Waals surface area contributed by atoms with Crippen molar-refractivity contribution in [2.75, 3.05) is 31.1 Å². The van der Waals surface area contributed by atoms with Gasteiger partial charge in [-0.25, -0.2) is 8.42 Å². The first-order valence-corrected chi connectivity index (χ1v) is 10.1. The Morgan fingerprint density at radius 1 is 1.17 bits per heavy atom. The zero-order valence-corrected chi connectivity index (χ0v) is 15.1. The highest BCUT2D eigenvalue weighted by Gasteiger charge is 2.29. The SMILES string of the molecule is CCc1ccc(S(=O)(=O)N2CCN(c3cccc(C#N)c3)CC2)s1. The molecular weight excluding hydrogens is 342 g/mol. The Kier molecular flexibility index (Phi) is 4.90. The van der Waals surface area contributed by atoms with E-state index in [1.165, 1.54) is 11.3 Å². The molecule has 1 fully saturated rings. The average Bonchev–Trinajstić information content (AvgIpc) is 3.12. The van der Waals surface area contributed by atoms with Crippen LogP contribution in [0.15, 0.2) is 40.6 Å². The number of sulfonamides is 1. The van der Waals surface area contributed by atoms with Crippen LogP contribution in [0.4, 0.5) is 5.69 Å². The molecule has 2 heterocycles. The van der Waals surface area contributed by atoms with Crippen LogP contribution in [0.25, 0.3) is 0 Å². The predicted octanol–water partition coefficient (Wildman–Crippen LogP) is 2.69. The van der Waals surface area contributed by atoms with Gasteiger partial charge in [-0.05, 0) is 36.8 Å². The number of benzene rings is 1. The number of thiophene rings is 1. The molecule has 7 heteroatoms. The second kappa shape index (κ2) is 6.93. The van der Waals surface area contributed by atoms with Crippen LogP contribution in [0.2, 0.25) is 0 Å². The third-order valence-electron chi connectivity index (χ3n) is 4.16. The smallest absolute Gasteiger partial charge is 0.252 e. The molecule has 0 spiro atoms. The predicted molar refractivity (Wildman–Crippen MR) is 95.8 cm³/mol. The molecule has 1 aromatic carbocycles. The molecule has 0 bridgehead atoms. The number of aryl methyl sites for hydroxylation is 1. The topological polar surface area (TPSA) is 64.4 Å². The van der Waals surface area contributed by atoms with Gasteiger partial charge in [-0.2, -0.15) is 9.57 Å². The fraction of sp³-hybridized carbons (Fsp3) is 0.353. The Labute approximate surface area is 146 Å². The highest BCUT2D eigenvalue weighted by molar-refractivity contribution is 7.91. The van der Waals surface area contributed by atoms with Crippen LogP contribution in [0.1, 0.15) is 17.4 Å². The molecule has 2 aromatic rings. The van der Waals surface area contributed by atoms with Gasteiger partial charge in [0.15, 0.2) is 0 Å². The quantitative estimate of drug-likeness (QED) is 0.840. The number of nitriles is 1. The summed E-state index contributed by atoms with van der Waals surface area (Å²) in [4.78, 5) is 3.21. The minimum Gasteiger partial charge on any atom is -0.369 e. The molecule has 1 aliphatic heterocycles. The van der Waals surface area contributed by atoms with E-state index >= 15 is 0 Å². The molecule has 0 unspecified atom stereocenters. The lowest BCUT2D eigenvalue weighted by Crippen LogP contribution is -2.48.